The van der Waals surface area contributed by atoms with E-state index in [0.29, 0.717) is 18.5 Å². The van der Waals surface area contributed by atoms with E-state index in [2.05, 4.69) is 29.4 Å². The molecule has 6 heteroatoms. The predicted molar refractivity (Wildman–Crippen MR) is 112 cm³/mol. The predicted octanol–water partition coefficient (Wildman–Crippen LogP) is 2.45. The molecule has 0 aliphatic carbocycles. The Morgan fingerprint density at radius 1 is 1.25 bits per heavy atom. The van der Waals surface area contributed by atoms with Crippen molar-refractivity contribution in [2.45, 2.75) is 45.7 Å². The summed E-state index contributed by atoms with van der Waals surface area (Å²) in [6, 6.07) is 7.36. The molecule has 0 spiro atoms. The monoisotopic (exact) mass is 387 g/mol. The molecule has 0 saturated carbocycles. The number of nitrogens with one attached hydrogen (secondary N) is 2. The third-order valence-electron chi connectivity index (χ3n) is 5.14. The molecule has 2 atom stereocenters. The number of carbonyl (C=O) groups excluding carboxylic acids is 2. The molecule has 1 fully saturated rings. The molecule has 154 valence electrons. The van der Waals surface area contributed by atoms with Gasteiger partial charge >= 0.3 is 0 Å². The highest BCUT2D eigenvalue weighted by molar-refractivity contribution is 5.95. The lowest BCUT2D eigenvalue weighted by atomic mass is 9.97. The van der Waals surface area contributed by atoms with Crippen molar-refractivity contribution in [3.05, 3.63) is 35.9 Å². The lowest BCUT2D eigenvalue weighted by Crippen LogP contribution is -2.48. The number of likely N-dealkylation sites (tertiary alicyclic amines) is 1. The summed E-state index contributed by atoms with van der Waals surface area (Å²) in [5.41, 5.74) is 0.889. The van der Waals surface area contributed by atoms with Gasteiger partial charge in [0, 0.05) is 25.2 Å². The maximum absolute atomic E-state index is 12.3. The maximum atomic E-state index is 12.3. The van der Waals surface area contributed by atoms with Crippen LogP contribution in [-0.4, -0.2) is 55.5 Å². The first kappa shape index (κ1) is 22.0. The molecule has 0 bridgehead atoms. The van der Waals surface area contributed by atoms with E-state index < -0.39 is 6.04 Å². The summed E-state index contributed by atoms with van der Waals surface area (Å²) in [7, 11) is 1.61. The van der Waals surface area contributed by atoms with Crippen molar-refractivity contribution in [2.24, 2.45) is 5.92 Å². The highest BCUT2D eigenvalue weighted by Crippen LogP contribution is 2.17. The molecule has 28 heavy (non-hydrogen) atoms. The van der Waals surface area contributed by atoms with E-state index in [0.717, 1.165) is 30.8 Å². The van der Waals surface area contributed by atoms with Crippen LogP contribution in [0.25, 0.3) is 6.08 Å². The van der Waals surface area contributed by atoms with Crippen LogP contribution in [0, 0.1) is 5.92 Å². The van der Waals surface area contributed by atoms with Crippen LogP contribution in [0.4, 0.5) is 0 Å². The van der Waals surface area contributed by atoms with E-state index in [4.69, 9.17) is 4.74 Å². The second kappa shape index (κ2) is 10.9. The summed E-state index contributed by atoms with van der Waals surface area (Å²) in [5.74, 6) is 0.800. The molecule has 2 N–H and O–H groups in total. The summed E-state index contributed by atoms with van der Waals surface area (Å²) in [5, 5.41) is 5.70. The Balaban J connectivity index is 1.74. The lowest BCUT2D eigenvalue weighted by molar-refractivity contribution is -0.126. The van der Waals surface area contributed by atoms with Crippen molar-refractivity contribution in [3.63, 3.8) is 0 Å². The zero-order valence-electron chi connectivity index (χ0n) is 17.4. The first-order chi connectivity index (χ1) is 13.4. The Morgan fingerprint density at radius 2 is 1.96 bits per heavy atom. The quantitative estimate of drug-likeness (QED) is 0.672. The number of carbonyl (C=O) groups is 2. The summed E-state index contributed by atoms with van der Waals surface area (Å²) in [6.45, 7) is 8.92. The zero-order chi connectivity index (χ0) is 20.5. The molecule has 2 amide bonds. The number of piperidine rings is 1. The highest BCUT2D eigenvalue weighted by Gasteiger charge is 2.23. The standard InChI is InChI=1S/C22H33N3O3/c1-16(2)25-13-5-6-19(15-25)14-23-22(27)17(3)24-21(26)12-9-18-7-10-20(28-4)11-8-18/h7-12,16-17,19H,5-6,13-15H2,1-4H3,(H,23,27)(H,24,26)/b12-9+. The number of hydrogen-bond acceptors (Lipinski definition) is 4. The van der Waals surface area contributed by atoms with Crippen molar-refractivity contribution in [1.82, 2.24) is 15.5 Å². The third kappa shape index (κ3) is 7.00. The van der Waals surface area contributed by atoms with E-state index in [1.165, 1.54) is 12.5 Å². The number of benzene rings is 1. The summed E-state index contributed by atoms with van der Waals surface area (Å²) >= 11 is 0. The molecule has 6 nitrogen and oxygen atoms in total. The molecule has 1 aromatic carbocycles. The fourth-order valence-electron chi connectivity index (χ4n) is 3.34. The van der Waals surface area contributed by atoms with E-state index >= 15 is 0 Å². The topological polar surface area (TPSA) is 70.7 Å². The van der Waals surface area contributed by atoms with Crippen molar-refractivity contribution < 1.29 is 14.3 Å². The number of rotatable bonds is 8. The van der Waals surface area contributed by atoms with Crippen LogP contribution in [-0.2, 0) is 9.59 Å². The van der Waals surface area contributed by atoms with Crippen LogP contribution < -0.4 is 15.4 Å². The first-order valence-corrected chi connectivity index (χ1v) is 10.0. The largest absolute Gasteiger partial charge is 0.497 e. The minimum atomic E-state index is -0.571. The minimum absolute atomic E-state index is 0.145. The maximum Gasteiger partial charge on any atom is 0.244 e. The molecule has 2 unspecified atom stereocenters. The van der Waals surface area contributed by atoms with Gasteiger partial charge in [-0.25, -0.2) is 0 Å². The highest BCUT2D eigenvalue weighted by atomic mass is 16.5. The van der Waals surface area contributed by atoms with Gasteiger partial charge in [-0.2, -0.15) is 0 Å². The molecule has 1 heterocycles. The van der Waals surface area contributed by atoms with Gasteiger partial charge < -0.3 is 20.3 Å². The second-order valence-electron chi connectivity index (χ2n) is 7.68. The van der Waals surface area contributed by atoms with Crippen LogP contribution in [0.2, 0.25) is 0 Å². The number of methoxy groups -OCH3 is 1. The number of nitrogens with zero attached hydrogens (tertiary/aromatic N) is 1. The van der Waals surface area contributed by atoms with E-state index in [9.17, 15) is 9.59 Å². The van der Waals surface area contributed by atoms with E-state index in [1.54, 1.807) is 20.1 Å². The molecule has 1 aliphatic heterocycles. The molecule has 0 aromatic heterocycles. The Kier molecular flexibility index (Phi) is 8.51. The molecule has 1 aromatic rings. The molecule has 2 rings (SSSR count). The SMILES string of the molecule is COc1ccc(/C=C/C(=O)NC(C)C(=O)NCC2CCCN(C(C)C)C2)cc1. The fourth-order valence-corrected chi connectivity index (χ4v) is 3.34. The van der Waals surface area contributed by atoms with Gasteiger partial charge in [-0.05, 0) is 69.8 Å². The van der Waals surface area contributed by atoms with E-state index in [-0.39, 0.29) is 11.8 Å². The van der Waals surface area contributed by atoms with Crippen LogP contribution in [0.15, 0.2) is 30.3 Å². The zero-order valence-corrected chi connectivity index (χ0v) is 17.4. The molecule has 0 radical (unpaired) electrons. The van der Waals surface area contributed by atoms with Crippen molar-refractivity contribution in [3.8, 4) is 5.75 Å². The second-order valence-corrected chi connectivity index (χ2v) is 7.68. The average molecular weight is 388 g/mol. The average Bonchev–Trinajstić information content (AvgIpc) is 2.71. The number of hydrogen-bond donors (Lipinski definition) is 2. The molecule has 1 saturated heterocycles. The van der Waals surface area contributed by atoms with Crippen LogP contribution >= 0.6 is 0 Å². The van der Waals surface area contributed by atoms with Gasteiger partial charge in [-0.3, -0.25) is 9.59 Å². The summed E-state index contributed by atoms with van der Waals surface area (Å²) in [4.78, 5) is 26.8. The van der Waals surface area contributed by atoms with Crippen LogP contribution in [0.1, 0.15) is 39.2 Å². The number of amides is 2. The normalized spacial score (nSPS) is 18.8. The third-order valence-corrected chi connectivity index (χ3v) is 5.14. The van der Waals surface area contributed by atoms with Crippen LogP contribution in [0.3, 0.4) is 0 Å². The van der Waals surface area contributed by atoms with Gasteiger partial charge in [0.2, 0.25) is 11.8 Å². The Hall–Kier alpha value is -2.34. The van der Waals surface area contributed by atoms with Gasteiger partial charge in [-0.15, -0.1) is 0 Å². The number of ether oxygens (including phenoxy) is 1. The van der Waals surface area contributed by atoms with Gasteiger partial charge in [0.25, 0.3) is 0 Å². The first-order valence-electron chi connectivity index (χ1n) is 10.0. The summed E-state index contributed by atoms with van der Waals surface area (Å²) < 4.78 is 5.11. The molecular weight excluding hydrogens is 354 g/mol. The van der Waals surface area contributed by atoms with Crippen LogP contribution in [0.5, 0.6) is 5.75 Å². The van der Waals surface area contributed by atoms with Gasteiger partial charge in [0.05, 0.1) is 7.11 Å². The smallest absolute Gasteiger partial charge is 0.244 e. The van der Waals surface area contributed by atoms with Gasteiger partial charge in [0.15, 0.2) is 0 Å². The van der Waals surface area contributed by atoms with Gasteiger partial charge in [-0.1, -0.05) is 12.1 Å². The van der Waals surface area contributed by atoms with E-state index in [1.807, 2.05) is 24.3 Å². The fraction of sp³-hybridized carbons (Fsp3) is 0.545. The minimum Gasteiger partial charge on any atom is -0.497 e. The van der Waals surface area contributed by atoms with Crippen molar-refractivity contribution >= 4 is 17.9 Å². The Labute approximate surface area is 168 Å². The summed E-state index contributed by atoms with van der Waals surface area (Å²) in [6.07, 6.45) is 5.45. The van der Waals surface area contributed by atoms with Crippen molar-refractivity contribution in [2.75, 3.05) is 26.7 Å². The molecular formula is C22H33N3O3. The Morgan fingerprint density at radius 3 is 2.61 bits per heavy atom. The van der Waals surface area contributed by atoms with Crippen molar-refractivity contribution in [1.29, 1.82) is 0 Å². The Bertz CT molecular complexity index is 670. The molecule has 1 aliphatic rings. The van der Waals surface area contributed by atoms with Gasteiger partial charge in [0.1, 0.15) is 11.8 Å². The lowest BCUT2D eigenvalue weighted by Gasteiger charge is -2.35.